The Balaban J connectivity index is 1.37. The van der Waals surface area contributed by atoms with Crippen molar-refractivity contribution in [3.63, 3.8) is 0 Å². The molecule has 3 aliphatic heterocycles. The fourth-order valence-electron chi connectivity index (χ4n) is 8.19. The van der Waals surface area contributed by atoms with Crippen LogP contribution >= 0.6 is 0 Å². The molecular formula is C48H50N6O13. The van der Waals surface area contributed by atoms with Crippen molar-refractivity contribution in [3.05, 3.63) is 108 Å². The average molecular weight is 919 g/mol. The highest BCUT2D eigenvalue weighted by atomic mass is 16.7. The SMILES string of the molecule is COC(=O)CCC1=Cc2cc3cc(C)c(cc4nc(cc5[nH]c(cc1n2)c(CCC(=O)OC)c5C)C(C)=C4/C=C/c1cn([C@@H]2O[C@H](COC(C)=O)C(OC(C)=O)[C@@H]2OC(C)=O)c(=O)[nH]c1=O)[nH]3. The van der Waals surface area contributed by atoms with Gasteiger partial charge >= 0.3 is 35.5 Å². The van der Waals surface area contributed by atoms with Crippen LogP contribution in [0.15, 0.2) is 52.2 Å². The summed E-state index contributed by atoms with van der Waals surface area (Å²) in [6.45, 7) is 8.83. The Morgan fingerprint density at radius 1 is 0.746 bits per heavy atom. The lowest BCUT2D eigenvalue weighted by atomic mass is 10.0. The summed E-state index contributed by atoms with van der Waals surface area (Å²) in [6, 6.07) is 9.57. The number of allylic oxidation sites excluding steroid dienone is 4. The van der Waals surface area contributed by atoms with Gasteiger partial charge in [-0.25, -0.2) is 14.8 Å². The molecule has 19 heteroatoms. The van der Waals surface area contributed by atoms with Crippen molar-refractivity contribution in [1.82, 2.24) is 29.5 Å². The zero-order valence-corrected chi connectivity index (χ0v) is 38.2. The normalized spacial score (nSPS) is 17.9. The summed E-state index contributed by atoms with van der Waals surface area (Å²) in [5.41, 5.74) is 8.57. The van der Waals surface area contributed by atoms with Crippen LogP contribution in [0.2, 0.25) is 0 Å². The van der Waals surface area contributed by atoms with Crippen molar-refractivity contribution in [2.45, 2.75) is 91.8 Å². The summed E-state index contributed by atoms with van der Waals surface area (Å²) in [5.74, 6) is -2.88. The summed E-state index contributed by atoms with van der Waals surface area (Å²) in [7, 11) is 2.69. The van der Waals surface area contributed by atoms with Crippen LogP contribution in [0.3, 0.4) is 0 Å². The van der Waals surface area contributed by atoms with Gasteiger partial charge in [-0.1, -0.05) is 6.08 Å². The van der Waals surface area contributed by atoms with E-state index in [1.807, 2.05) is 57.2 Å². The largest absolute Gasteiger partial charge is 0.469 e. The first-order chi connectivity index (χ1) is 31.9. The maximum Gasteiger partial charge on any atom is 0.330 e. The molecule has 1 fully saturated rings. The number of esters is 5. The molecule has 0 aliphatic carbocycles. The van der Waals surface area contributed by atoms with Crippen LogP contribution in [-0.4, -0.2) is 98.5 Å². The molecule has 19 nitrogen and oxygen atoms in total. The first-order valence-electron chi connectivity index (χ1n) is 21.4. The second-order valence-corrected chi connectivity index (χ2v) is 16.2. The minimum atomic E-state index is -1.42. The molecule has 0 radical (unpaired) electrons. The molecule has 0 aromatic carbocycles. The van der Waals surface area contributed by atoms with Gasteiger partial charge in [0.25, 0.3) is 5.56 Å². The molecular weight excluding hydrogens is 869 g/mol. The van der Waals surface area contributed by atoms with E-state index in [9.17, 15) is 33.6 Å². The fourth-order valence-corrected chi connectivity index (χ4v) is 8.19. The van der Waals surface area contributed by atoms with Gasteiger partial charge in [-0.05, 0) is 104 Å². The quantitative estimate of drug-likeness (QED) is 0.113. The topological polar surface area (TPSA) is 253 Å². The van der Waals surface area contributed by atoms with E-state index in [-0.39, 0.29) is 30.3 Å². The predicted octanol–water partition coefficient (Wildman–Crippen LogP) is 5.35. The Hall–Kier alpha value is -7.67. The highest BCUT2D eigenvalue weighted by molar-refractivity contribution is 5.99. The highest BCUT2D eigenvalue weighted by Gasteiger charge is 2.51. The van der Waals surface area contributed by atoms with Crippen molar-refractivity contribution in [1.29, 1.82) is 0 Å². The Morgan fingerprint density at radius 3 is 2.10 bits per heavy atom. The first-order valence-corrected chi connectivity index (χ1v) is 21.4. The second kappa shape index (κ2) is 19.8. The fraction of sp³-hybridized carbons (Fsp3) is 0.354. The lowest BCUT2D eigenvalue weighted by molar-refractivity contribution is -0.166. The molecule has 67 heavy (non-hydrogen) atoms. The Bertz CT molecular complexity index is 3080. The Morgan fingerprint density at radius 2 is 1.42 bits per heavy atom. The number of hydrogen-bond donors (Lipinski definition) is 3. The summed E-state index contributed by atoms with van der Waals surface area (Å²) in [5, 5.41) is 0. The molecule has 3 aliphatic rings. The van der Waals surface area contributed by atoms with Gasteiger partial charge < -0.3 is 38.4 Å². The molecule has 7 rings (SSSR count). The number of H-pyrrole nitrogens is 3. The van der Waals surface area contributed by atoms with Gasteiger partial charge in [0, 0.05) is 67.4 Å². The van der Waals surface area contributed by atoms with Gasteiger partial charge in [-0.3, -0.25) is 38.3 Å². The summed E-state index contributed by atoms with van der Waals surface area (Å²) >= 11 is 0. The van der Waals surface area contributed by atoms with Gasteiger partial charge in [0.15, 0.2) is 18.4 Å². The number of nitrogens with zero attached hydrogens (tertiary/aromatic N) is 3. The summed E-state index contributed by atoms with van der Waals surface area (Å²) < 4.78 is 33.1. The van der Waals surface area contributed by atoms with Crippen molar-refractivity contribution in [3.8, 4) is 0 Å². The van der Waals surface area contributed by atoms with Gasteiger partial charge in [0.1, 0.15) is 12.7 Å². The van der Waals surface area contributed by atoms with Crippen LogP contribution in [-0.2, 0) is 58.8 Å². The summed E-state index contributed by atoms with van der Waals surface area (Å²) in [4.78, 5) is 107. The molecule has 1 saturated heterocycles. The minimum Gasteiger partial charge on any atom is -0.469 e. The molecule has 7 heterocycles. The van der Waals surface area contributed by atoms with Crippen molar-refractivity contribution in [2.75, 3.05) is 20.8 Å². The van der Waals surface area contributed by atoms with Crippen LogP contribution in [0.5, 0.6) is 0 Å². The summed E-state index contributed by atoms with van der Waals surface area (Å²) in [6.07, 6.45) is 2.18. The monoisotopic (exact) mass is 918 g/mol. The molecule has 3 N–H and O–H groups in total. The molecule has 4 atom stereocenters. The molecule has 8 bridgehead atoms. The van der Waals surface area contributed by atoms with Crippen LogP contribution in [0, 0.1) is 13.8 Å². The smallest absolute Gasteiger partial charge is 0.330 e. The van der Waals surface area contributed by atoms with Crippen LogP contribution < -0.4 is 11.2 Å². The maximum atomic E-state index is 13.4. The van der Waals surface area contributed by atoms with E-state index in [4.69, 9.17) is 38.4 Å². The number of nitrogens with one attached hydrogen (secondary N) is 3. The van der Waals surface area contributed by atoms with Crippen LogP contribution in [0.25, 0.3) is 50.9 Å². The Kier molecular flexibility index (Phi) is 14.0. The highest BCUT2D eigenvalue weighted by Crippen LogP contribution is 2.36. The molecule has 0 saturated carbocycles. The van der Waals surface area contributed by atoms with Crippen molar-refractivity contribution < 1.29 is 52.4 Å². The number of carbonyl (C=O) groups is 5. The number of carbonyl (C=O) groups excluding carboxylic acids is 5. The van der Waals surface area contributed by atoms with Gasteiger partial charge in [-0.15, -0.1) is 0 Å². The number of aromatic amines is 3. The van der Waals surface area contributed by atoms with E-state index in [0.717, 1.165) is 62.8 Å². The number of fused-ring (bicyclic) bond motifs is 8. The van der Waals surface area contributed by atoms with Crippen molar-refractivity contribution in [2.24, 2.45) is 0 Å². The molecule has 4 aromatic rings. The van der Waals surface area contributed by atoms with E-state index in [0.29, 0.717) is 46.7 Å². The number of hydrogen-bond acceptors (Lipinski definition) is 15. The molecule has 350 valence electrons. The molecule has 0 spiro atoms. The Labute approximate surface area is 382 Å². The van der Waals surface area contributed by atoms with E-state index in [2.05, 4.69) is 15.0 Å². The van der Waals surface area contributed by atoms with Crippen molar-refractivity contribution >= 4 is 80.8 Å². The van der Waals surface area contributed by atoms with Gasteiger partial charge in [0.2, 0.25) is 0 Å². The van der Waals surface area contributed by atoms with E-state index < -0.39 is 60.3 Å². The first kappa shape index (κ1) is 47.3. The lowest BCUT2D eigenvalue weighted by Gasteiger charge is -2.24. The number of ether oxygens (including phenoxy) is 6. The number of methoxy groups -OCH3 is 2. The van der Waals surface area contributed by atoms with Gasteiger partial charge in [0.05, 0.1) is 42.6 Å². The van der Waals surface area contributed by atoms with E-state index in [1.54, 1.807) is 6.08 Å². The number of rotatable bonds is 13. The lowest BCUT2D eigenvalue weighted by Crippen LogP contribution is -2.42. The number of aromatic nitrogens is 6. The van der Waals surface area contributed by atoms with E-state index in [1.165, 1.54) is 33.4 Å². The molecule has 1 unspecified atom stereocenters. The maximum absolute atomic E-state index is 13.4. The third-order valence-electron chi connectivity index (χ3n) is 11.6. The third kappa shape index (κ3) is 10.6. The standard InChI is InChI=1S/C48H50N6O13/c1-23-15-31-17-32-16-29(10-13-42(58)62-7)38(50-32)20-40-34(12-14-43(59)63-8)25(3)37(52-40)19-36-24(2)33(39(51-36)18-35(23)49-31)11-9-30-21-54(48(61)53-46(30)60)47-45(66-28(6)57)44(65-27(5)56)41(67-47)22-64-26(4)55/h9,11,15-21,41,44-45,47,49,52H,10,12-14,22H2,1-8H3,(H,53,60,61)/b11-9+,31-17?,32-17?,35-18?,36-19?,37-19?,38-20?,39-18?,40-20?/t41-,44?,45+,47-/m1/s1. The zero-order chi connectivity index (χ0) is 48.3. The minimum absolute atomic E-state index is 0.00337. The predicted molar refractivity (Wildman–Crippen MR) is 244 cm³/mol. The van der Waals surface area contributed by atoms with E-state index >= 15 is 0 Å². The van der Waals surface area contributed by atoms with Crippen LogP contribution in [0.1, 0.15) is 98.2 Å². The molecule has 0 amide bonds. The second-order valence-electron chi connectivity index (χ2n) is 16.2. The zero-order valence-electron chi connectivity index (χ0n) is 38.2. The van der Waals surface area contributed by atoms with Gasteiger partial charge in [-0.2, -0.15) is 0 Å². The van der Waals surface area contributed by atoms with Crippen LogP contribution in [0.4, 0.5) is 0 Å². The number of aryl methyl sites for hydroxylation is 3. The third-order valence-corrected chi connectivity index (χ3v) is 11.6. The average Bonchev–Trinajstić information content (AvgIpc) is 4.05. The molecule has 4 aromatic heterocycles.